The molecule has 132 valence electrons. The molecule has 0 spiro atoms. The molecule has 2 N–H and O–H groups in total. The first-order chi connectivity index (χ1) is 11.3. The van der Waals surface area contributed by atoms with Gasteiger partial charge in [0, 0.05) is 37.3 Å². The average Bonchev–Trinajstić information content (AvgIpc) is 3.11. The second-order valence-electron chi connectivity index (χ2n) is 6.43. The number of aromatic nitrogens is 3. The molecule has 1 aliphatic rings. The van der Waals surface area contributed by atoms with Crippen LogP contribution in [0.5, 0.6) is 0 Å². The fourth-order valence-corrected chi connectivity index (χ4v) is 2.86. The van der Waals surface area contributed by atoms with E-state index >= 15 is 0 Å². The molecule has 0 saturated carbocycles. The molecule has 3 heterocycles. The monoisotopic (exact) mass is 348 g/mol. The minimum absolute atomic E-state index is 0.655. The van der Waals surface area contributed by atoms with Crippen LogP contribution in [0.4, 0.5) is 11.5 Å². The van der Waals surface area contributed by atoms with Crippen LogP contribution < -0.4 is 10.6 Å². The summed E-state index contributed by atoms with van der Waals surface area (Å²) in [5, 5.41) is 4.10. The highest BCUT2D eigenvalue weighted by Crippen LogP contribution is 2.20. The second-order valence-corrected chi connectivity index (χ2v) is 6.95. The van der Waals surface area contributed by atoms with Crippen LogP contribution in [0.15, 0.2) is 23.2 Å². The van der Waals surface area contributed by atoms with E-state index in [2.05, 4.69) is 46.6 Å². The summed E-state index contributed by atoms with van der Waals surface area (Å²) in [4.78, 5) is 9.92. The number of nitrogens with zero attached hydrogens (tertiary/aromatic N) is 5. The smallest absolute Gasteiger partial charge is 0.128 e. The van der Waals surface area contributed by atoms with Gasteiger partial charge in [0.05, 0.1) is 17.1 Å². The van der Waals surface area contributed by atoms with E-state index in [-0.39, 0.29) is 0 Å². The highest BCUT2D eigenvalue weighted by Gasteiger charge is 2.24. The van der Waals surface area contributed by atoms with Crippen LogP contribution in [0, 0.1) is 13.8 Å². The molecular formula is C17H28N6S. The Bertz CT molecular complexity index is 642. The van der Waals surface area contributed by atoms with E-state index in [0.717, 1.165) is 40.9 Å². The van der Waals surface area contributed by atoms with Crippen molar-refractivity contribution in [1.82, 2.24) is 19.7 Å². The van der Waals surface area contributed by atoms with Crippen LogP contribution in [0.3, 0.4) is 0 Å². The molecule has 1 fully saturated rings. The third-order valence-corrected chi connectivity index (χ3v) is 4.78. The fourth-order valence-electron chi connectivity index (χ4n) is 2.73. The lowest BCUT2D eigenvalue weighted by Crippen LogP contribution is -2.31. The van der Waals surface area contributed by atoms with Gasteiger partial charge in [-0.15, -0.1) is 12.6 Å². The van der Waals surface area contributed by atoms with E-state index in [1.165, 1.54) is 6.42 Å². The summed E-state index contributed by atoms with van der Waals surface area (Å²) < 4.78 is 1.78. The van der Waals surface area contributed by atoms with Crippen molar-refractivity contribution in [3.63, 3.8) is 0 Å². The summed E-state index contributed by atoms with van der Waals surface area (Å²) in [6, 6.07) is 4.69. The molecule has 1 aliphatic heterocycles. The van der Waals surface area contributed by atoms with Gasteiger partial charge >= 0.3 is 0 Å². The van der Waals surface area contributed by atoms with Crippen LogP contribution >= 0.6 is 12.6 Å². The van der Waals surface area contributed by atoms with E-state index in [0.29, 0.717) is 6.04 Å². The molecular weight excluding hydrogens is 320 g/mol. The van der Waals surface area contributed by atoms with E-state index < -0.39 is 0 Å². The van der Waals surface area contributed by atoms with Gasteiger partial charge in [-0.3, -0.25) is 4.68 Å². The lowest BCUT2D eigenvalue weighted by molar-refractivity contribution is 0.315. The summed E-state index contributed by atoms with van der Waals surface area (Å²) >= 11 is 4.24. The Morgan fingerprint density at radius 2 is 2.00 bits per heavy atom. The van der Waals surface area contributed by atoms with Gasteiger partial charge in [-0.05, 0) is 46.5 Å². The third kappa shape index (κ3) is 4.42. The number of thiol groups is 1. The average molecular weight is 349 g/mol. The van der Waals surface area contributed by atoms with Crippen LogP contribution in [0.1, 0.15) is 17.8 Å². The largest absolute Gasteiger partial charge is 0.396 e. The molecule has 3 rings (SSSR count). The summed E-state index contributed by atoms with van der Waals surface area (Å²) in [6.45, 7) is 6.03. The Morgan fingerprint density at radius 1 is 1.29 bits per heavy atom. The molecule has 0 radical (unpaired) electrons. The Balaban J connectivity index is 0.000000198. The van der Waals surface area contributed by atoms with Crippen molar-refractivity contribution in [2.24, 2.45) is 7.05 Å². The molecule has 2 aromatic rings. The Morgan fingerprint density at radius 3 is 2.38 bits per heavy atom. The van der Waals surface area contributed by atoms with Crippen molar-refractivity contribution < 1.29 is 0 Å². The van der Waals surface area contributed by atoms with Crippen LogP contribution in [-0.4, -0.2) is 52.9 Å². The molecule has 0 aliphatic carbocycles. The zero-order valence-electron chi connectivity index (χ0n) is 15.2. The second kappa shape index (κ2) is 7.90. The molecule has 1 saturated heterocycles. The van der Waals surface area contributed by atoms with Crippen LogP contribution in [-0.2, 0) is 7.05 Å². The molecule has 6 nitrogen and oxygen atoms in total. The first-order valence-corrected chi connectivity index (χ1v) is 8.56. The van der Waals surface area contributed by atoms with Gasteiger partial charge in [-0.1, -0.05) is 0 Å². The maximum atomic E-state index is 5.62. The number of rotatable bonds is 2. The first-order valence-electron chi connectivity index (χ1n) is 8.11. The zero-order chi connectivity index (χ0) is 17.9. The van der Waals surface area contributed by atoms with Crippen LogP contribution in [0.2, 0.25) is 0 Å². The lowest BCUT2D eigenvalue weighted by Gasteiger charge is -2.20. The molecule has 0 amide bonds. The minimum atomic E-state index is 0.655. The van der Waals surface area contributed by atoms with Gasteiger partial charge in [-0.2, -0.15) is 5.10 Å². The number of aryl methyl sites for hydroxylation is 2. The Hall–Kier alpha value is -1.73. The highest BCUT2D eigenvalue weighted by molar-refractivity contribution is 7.80. The van der Waals surface area contributed by atoms with E-state index in [1.54, 1.807) is 10.9 Å². The quantitative estimate of drug-likeness (QED) is 0.814. The van der Waals surface area contributed by atoms with Gasteiger partial charge in [0.15, 0.2) is 0 Å². The highest BCUT2D eigenvalue weighted by atomic mass is 32.1. The van der Waals surface area contributed by atoms with Crippen molar-refractivity contribution >= 4 is 24.1 Å². The van der Waals surface area contributed by atoms with Crippen molar-refractivity contribution in [1.29, 1.82) is 0 Å². The predicted molar refractivity (Wildman–Crippen MR) is 103 cm³/mol. The summed E-state index contributed by atoms with van der Waals surface area (Å²) in [7, 11) is 6.16. The molecule has 7 heteroatoms. The number of hydrogen-bond acceptors (Lipinski definition) is 6. The van der Waals surface area contributed by atoms with Crippen molar-refractivity contribution in [2.45, 2.75) is 31.2 Å². The summed E-state index contributed by atoms with van der Waals surface area (Å²) in [6.07, 6.45) is 3.03. The van der Waals surface area contributed by atoms with Gasteiger partial charge < -0.3 is 15.5 Å². The SMILES string of the molecule is CN(C)C1CCN(c2ccc(S)cn2)C1.Cc1nn(C)c(C)c1N. The minimum Gasteiger partial charge on any atom is -0.396 e. The standard InChI is InChI=1S/C11H17N3S.C6H11N3/c1-13(2)9-5-6-14(8-9)11-4-3-10(15)7-12-11;1-4-6(7)5(2)9(3)8-4/h3-4,7,9,15H,5-6,8H2,1-2H3;7H2,1-3H3. The molecule has 2 aromatic heterocycles. The molecule has 0 aromatic carbocycles. The summed E-state index contributed by atoms with van der Waals surface area (Å²) in [5.41, 5.74) is 8.37. The summed E-state index contributed by atoms with van der Waals surface area (Å²) in [5.74, 6) is 1.07. The molecule has 1 unspecified atom stereocenters. The Kier molecular flexibility index (Phi) is 6.12. The van der Waals surface area contributed by atoms with Crippen LogP contribution in [0.25, 0.3) is 0 Å². The number of anilines is 2. The first kappa shape index (κ1) is 18.6. The Labute approximate surface area is 150 Å². The predicted octanol–water partition coefficient (Wildman–Crippen LogP) is 2.13. The van der Waals surface area contributed by atoms with Gasteiger partial charge in [-0.25, -0.2) is 4.98 Å². The molecule has 1 atom stereocenters. The van der Waals surface area contributed by atoms with Gasteiger partial charge in [0.25, 0.3) is 0 Å². The molecule has 24 heavy (non-hydrogen) atoms. The maximum absolute atomic E-state index is 5.62. The topological polar surface area (TPSA) is 63.2 Å². The normalized spacial score (nSPS) is 17.1. The number of nitrogens with two attached hydrogens (primary N) is 1. The lowest BCUT2D eigenvalue weighted by atomic mass is 10.2. The van der Waals surface area contributed by atoms with E-state index in [1.807, 2.05) is 33.0 Å². The number of likely N-dealkylation sites (N-methyl/N-ethyl adjacent to an activating group) is 1. The van der Waals surface area contributed by atoms with Crippen molar-refractivity contribution in [3.05, 3.63) is 29.7 Å². The molecule has 0 bridgehead atoms. The van der Waals surface area contributed by atoms with E-state index in [9.17, 15) is 0 Å². The van der Waals surface area contributed by atoms with Crippen molar-refractivity contribution in [3.8, 4) is 0 Å². The maximum Gasteiger partial charge on any atom is 0.128 e. The van der Waals surface area contributed by atoms with Crippen molar-refractivity contribution in [2.75, 3.05) is 37.8 Å². The van der Waals surface area contributed by atoms with E-state index in [4.69, 9.17) is 5.73 Å². The number of nitrogen functional groups attached to an aromatic ring is 1. The van der Waals surface area contributed by atoms with Gasteiger partial charge in [0.2, 0.25) is 0 Å². The zero-order valence-corrected chi connectivity index (χ0v) is 16.1. The third-order valence-electron chi connectivity index (χ3n) is 4.51. The van der Waals surface area contributed by atoms with Gasteiger partial charge in [0.1, 0.15) is 5.82 Å². The fraction of sp³-hybridized carbons (Fsp3) is 0.529. The number of pyridine rings is 1. The number of hydrogen-bond donors (Lipinski definition) is 2.